The maximum Gasteiger partial charge on any atom is 0.332 e. The van der Waals surface area contributed by atoms with Crippen LogP contribution in [0.2, 0.25) is 5.02 Å². The highest BCUT2D eigenvalue weighted by atomic mass is 35.5. The van der Waals surface area contributed by atoms with Gasteiger partial charge in [-0.3, -0.25) is 0 Å². The fourth-order valence-electron chi connectivity index (χ4n) is 4.55. The molecule has 212 valence electrons. The molecule has 0 spiro atoms. The van der Waals surface area contributed by atoms with E-state index in [-0.39, 0.29) is 0 Å². The lowest BCUT2D eigenvalue weighted by molar-refractivity contribution is 0.258. The summed E-state index contributed by atoms with van der Waals surface area (Å²) < 4.78 is 11.0. The molecule has 2 heterocycles. The number of para-hydroxylation sites is 1. The van der Waals surface area contributed by atoms with Gasteiger partial charge in [0.25, 0.3) is 0 Å². The number of amides is 2. The Balaban J connectivity index is 1.43. The van der Waals surface area contributed by atoms with Crippen molar-refractivity contribution in [1.82, 2.24) is 14.9 Å². The number of hydrogen-bond donors (Lipinski definition) is 2. The van der Waals surface area contributed by atoms with Crippen LogP contribution in [0.25, 0.3) is 0 Å². The molecule has 0 bridgehead atoms. The van der Waals surface area contributed by atoms with Gasteiger partial charge in [-0.15, -0.1) is 0 Å². The molecule has 1 aliphatic heterocycles. The molecular formula is C30H32ClN7O3. The van der Waals surface area contributed by atoms with Gasteiger partial charge in [0.05, 0.1) is 30.6 Å². The van der Waals surface area contributed by atoms with Gasteiger partial charge in [0.2, 0.25) is 0 Å². The normalized spacial score (nSPS) is 13.4. The predicted molar refractivity (Wildman–Crippen MR) is 164 cm³/mol. The Morgan fingerprint density at radius 1 is 0.927 bits per heavy atom. The Bertz CT molecular complexity index is 1490. The molecule has 0 unspecified atom stereocenters. The van der Waals surface area contributed by atoms with Crippen molar-refractivity contribution in [1.29, 1.82) is 0 Å². The predicted octanol–water partition coefficient (Wildman–Crippen LogP) is 6.01. The number of urea groups is 1. The summed E-state index contributed by atoms with van der Waals surface area (Å²) in [5, 5.41) is 6.61. The summed E-state index contributed by atoms with van der Waals surface area (Å²) in [6.45, 7) is 4.09. The summed E-state index contributed by atoms with van der Waals surface area (Å²) in [5.74, 6) is 1.85. The molecule has 2 N–H and O–H groups in total. The van der Waals surface area contributed by atoms with Crippen LogP contribution in [0.4, 0.5) is 39.2 Å². The van der Waals surface area contributed by atoms with Crippen LogP contribution in [-0.4, -0.2) is 68.3 Å². The van der Waals surface area contributed by atoms with Gasteiger partial charge in [-0.05, 0) is 55.6 Å². The number of rotatable bonds is 8. The molecule has 1 aliphatic rings. The van der Waals surface area contributed by atoms with E-state index in [4.69, 9.17) is 21.1 Å². The molecule has 0 aliphatic carbocycles. The maximum absolute atomic E-state index is 13.7. The Morgan fingerprint density at radius 2 is 1.68 bits per heavy atom. The molecule has 0 radical (unpaired) electrons. The van der Waals surface area contributed by atoms with E-state index in [1.165, 1.54) is 24.0 Å². The average Bonchev–Trinajstić information content (AvgIpc) is 3.00. The molecule has 2 amide bonds. The number of aromatic nitrogens is 2. The molecule has 1 aromatic heterocycles. The van der Waals surface area contributed by atoms with Gasteiger partial charge in [-0.25, -0.2) is 19.7 Å². The smallest absolute Gasteiger partial charge is 0.332 e. The lowest BCUT2D eigenvalue weighted by atomic mass is 10.2. The van der Waals surface area contributed by atoms with Crippen molar-refractivity contribution in [2.45, 2.75) is 0 Å². The first kappa shape index (κ1) is 28.0. The third-order valence-corrected chi connectivity index (χ3v) is 7.17. The largest absolute Gasteiger partial charge is 0.497 e. The number of nitrogens with one attached hydrogen (secondary N) is 2. The molecule has 41 heavy (non-hydrogen) atoms. The fourth-order valence-corrected chi connectivity index (χ4v) is 4.73. The van der Waals surface area contributed by atoms with Crippen LogP contribution in [-0.2, 0) is 0 Å². The minimum absolute atomic E-state index is 0.324. The molecule has 10 nitrogen and oxygen atoms in total. The quantitative estimate of drug-likeness (QED) is 0.264. The number of hydrogen-bond acceptors (Lipinski definition) is 8. The number of halogens is 1. The second-order valence-corrected chi connectivity index (χ2v) is 9.91. The van der Waals surface area contributed by atoms with Crippen molar-refractivity contribution < 1.29 is 14.3 Å². The van der Waals surface area contributed by atoms with Crippen LogP contribution < -0.4 is 29.9 Å². The Morgan fingerprint density at radius 3 is 2.39 bits per heavy atom. The van der Waals surface area contributed by atoms with Crippen LogP contribution in [0, 0.1) is 0 Å². The lowest BCUT2D eigenvalue weighted by Crippen LogP contribution is -2.44. The van der Waals surface area contributed by atoms with Crippen LogP contribution >= 0.6 is 11.6 Å². The second-order valence-electron chi connectivity index (χ2n) is 9.51. The van der Waals surface area contributed by atoms with Crippen LogP contribution in [0.5, 0.6) is 11.5 Å². The summed E-state index contributed by atoms with van der Waals surface area (Å²) in [6, 6.07) is 21.6. The third kappa shape index (κ3) is 6.62. The number of anilines is 6. The number of piperazine rings is 1. The highest BCUT2D eigenvalue weighted by Gasteiger charge is 2.25. The zero-order valence-electron chi connectivity index (χ0n) is 23.2. The average molecular weight is 574 g/mol. The van der Waals surface area contributed by atoms with E-state index < -0.39 is 6.03 Å². The van der Waals surface area contributed by atoms with Gasteiger partial charge in [0.15, 0.2) is 0 Å². The number of carbonyl (C=O) groups is 1. The zero-order valence-corrected chi connectivity index (χ0v) is 23.9. The highest BCUT2D eigenvalue weighted by Crippen LogP contribution is 2.37. The molecule has 3 aromatic carbocycles. The van der Waals surface area contributed by atoms with Gasteiger partial charge in [-0.1, -0.05) is 23.7 Å². The number of ether oxygens (including phenoxy) is 2. The van der Waals surface area contributed by atoms with Gasteiger partial charge in [-0.2, -0.15) is 0 Å². The second kappa shape index (κ2) is 12.8. The summed E-state index contributed by atoms with van der Waals surface area (Å²) in [7, 11) is 5.24. The monoisotopic (exact) mass is 573 g/mol. The van der Waals surface area contributed by atoms with Gasteiger partial charge >= 0.3 is 6.03 Å². The van der Waals surface area contributed by atoms with E-state index in [0.29, 0.717) is 39.5 Å². The SMILES string of the molecule is COc1ccc(N(C(=O)Nc2ccccc2Cl)c2cc(Nc3ccc(N4CCN(C)CC4)cc3)ncn2)c(OC)c1. The Kier molecular flexibility index (Phi) is 8.71. The van der Waals surface area contributed by atoms with Gasteiger partial charge in [0, 0.05) is 49.7 Å². The van der Waals surface area contributed by atoms with Crippen molar-refractivity contribution in [3.05, 3.63) is 84.1 Å². The molecule has 1 saturated heterocycles. The summed E-state index contributed by atoms with van der Waals surface area (Å²) in [5.41, 5.74) is 2.96. The van der Waals surface area contributed by atoms with Crippen molar-refractivity contribution in [2.75, 3.05) is 67.9 Å². The minimum Gasteiger partial charge on any atom is -0.497 e. The van der Waals surface area contributed by atoms with E-state index in [1.807, 2.05) is 12.1 Å². The highest BCUT2D eigenvalue weighted by molar-refractivity contribution is 6.33. The Labute approximate surface area is 244 Å². The molecular weight excluding hydrogens is 542 g/mol. The van der Waals surface area contributed by atoms with Crippen LogP contribution in [0.15, 0.2) is 79.1 Å². The number of methoxy groups -OCH3 is 2. The fraction of sp³-hybridized carbons (Fsp3) is 0.233. The van der Waals surface area contributed by atoms with Gasteiger partial charge < -0.3 is 29.9 Å². The summed E-state index contributed by atoms with van der Waals surface area (Å²) >= 11 is 6.33. The zero-order chi connectivity index (χ0) is 28.8. The first-order valence-electron chi connectivity index (χ1n) is 13.2. The molecule has 0 atom stereocenters. The number of benzene rings is 3. The first-order valence-corrected chi connectivity index (χ1v) is 13.5. The molecule has 4 aromatic rings. The standard InChI is InChI=1S/C30H32ClN7O3/c1-36-14-16-37(17-15-36)22-10-8-21(9-11-22)34-28-19-29(33-20-32-28)38(26-13-12-23(40-2)18-27(26)41-3)30(39)35-25-7-5-4-6-24(25)31/h4-13,18-20H,14-17H2,1-3H3,(H,35,39)(H,32,33,34). The van der Waals surface area contributed by atoms with Crippen molar-refractivity contribution in [3.63, 3.8) is 0 Å². The van der Waals surface area contributed by atoms with E-state index in [2.05, 4.69) is 49.6 Å². The third-order valence-electron chi connectivity index (χ3n) is 6.84. The molecule has 1 fully saturated rings. The molecule has 11 heteroatoms. The van der Waals surface area contributed by atoms with Crippen molar-refractivity contribution in [3.8, 4) is 11.5 Å². The van der Waals surface area contributed by atoms with E-state index in [0.717, 1.165) is 31.9 Å². The maximum atomic E-state index is 13.7. The van der Waals surface area contributed by atoms with Crippen molar-refractivity contribution in [2.24, 2.45) is 0 Å². The van der Waals surface area contributed by atoms with Crippen LogP contribution in [0.1, 0.15) is 0 Å². The van der Waals surface area contributed by atoms with Gasteiger partial charge in [0.1, 0.15) is 29.5 Å². The number of likely N-dealkylation sites (N-methyl/N-ethyl adjacent to an activating group) is 1. The van der Waals surface area contributed by atoms with E-state index in [9.17, 15) is 4.79 Å². The van der Waals surface area contributed by atoms with E-state index in [1.54, 1.807) is 55.6 Å². The topological polar surface area (TPSA) is 95.1 Å². The molecule has 5 rings (SSSR count). The summed E-state index contributed by atoms with van der Waals surface area (Å²) in [4.78, 5) is 28.7. The van der Waals surface area contributed by atoms with E-state index >= 15 is 0 Å². The number of carbonyl (C=O) groups excluding carboxylic acids is 1. The summed E-state index contributed by atoms with van der Waals surface area (Å²) in [6.07, 6.45) is 1.40. The first-order chi connectivity index (χ1) is 19.9. The Hall–Kier alpha value is -4.54. The van der Waals surface area contributed by atoms with Crippen LogP contribution in [0.3, 0.4) is 0 Å². The molecule has 0 saturated carbocycles. The van der Waals surface area contributed by atoms with Crippen molar-refractivity contribution >= 4 is 52.0 Å². The number of nitrogens with zero attached hydrogens (tertiary/aromatic N) is 5. The minimum atomic E-state index is -0.484. The lowest BCUT2D eigenvalue weighted by Gasteiger charge is -2.34.